The maximum atomic E-state index is 10.3. The molecule has 0 heterocycles. The predicted molar refractivity (Wildman–Crippen MR) is 56.8 cm³/mol. The van der Waals surface area contributed by atoms with Gasteiger partial charge >= 0.3 is 5.97 Å². The third-order valence-corrected chi connectivity index (χ3v) is 2.56. The topological polar surface area (TPSA) is 199 Å². The average Bonchev–Trinajstić information content (AvgIpc) is 2.40. The normalized spacial score (nSPS) is 22.9. The molecular weight excluding hydrogens is 268 g/mol. The second-order valence-electron chi connectivity index (χ2n) is 3.99. The molecule has 0 fully saturated rings. The molecular formula is C9H18O10. The number of aliphatic carboxylic acids is 1. The summed E-state index contributed by atoms with van der Waals surface area (Å²) in [7, 11) is 0. The Morgan fingerprint density at radius 3 is 1.47 bits per heavy atom. The summed E-state index contributed by atoms with van der Waals surface area (Å²) in [5, 5.41) is 81.4. The lowest BCUT2D eigenvalue weighted by molar-refractivity contribution is -0.180. The van der Waals surface area contributed by atoms with Gasteiger partial charge < -0.3 is 46.0 Å². The number of aliphatic hydroxyl groups excluding tert-OH is 8. The van der Waals surface area contributed by atoms with E-state index in [1.807, 2.05) is 0 Å². The molecule has 0 radical (unpaired) electrons. The fraction of sp³-hybridized carbons (Fsp3) is 0.889. The number of aliphatic hydroxyl groups is 8. The minimum absolute atomic E-state index is 0.943. The maximum absolute atomic E-state index is 10.3. The van der Waals surface area contributed by atoms with Gasteiger partial charge in [-0.05, 0) is 0 Å². The van der Waals surface area contributed by atoms with Crippen LogP contribution in [0.1, 0.15) is 0 Å². The smallest absolute Gasteiger partial charge is 0.335 e. The Labute approximate surface area is 107 Å². The van der Waals surface area contributed by atoms with E-state index in [4.69, 9.17) is 20.4 Å². The van der Waals surface area contributed by atoms with Crippen LogP contribution in [-0.4, -0.2) is 101 Å². The van der Waals surface area contributed by atoms with E-state index in [1.54, 1.807) is 0 Å². The number of carboxylic acids is 1. The summed E-state index contributed by atoms with van der Waals surface area (Å²) in [6, 6.07) is 0. The molecule has 10 nitrogen and oxygen atoms in total. The highest BCUT2D eigenvalue weighted by Gasteiger charge is 2.40. The molecule has 0 amide bonds. The zero-order chi connectivity index (χ0) is 15.3. The van der Waals surface area contributed by atoms with E-state index in [-0.39, 0.29) is 0 Å². The first-order valence-electron chi connectivity index (χ1n) is 5.25. The van der Waals surface area contributed by atoms with Gasteiger partial charge in [0.25, 0.3) is 0 Å². The van der Waals surface area contributed by atoms with Crippen molar-refractivity contribution in [2.45, 2.75) is 42.7 Å². The summed E-state index contributed by atoms with van der Waals surface area (Å²) in [5.74, 6) is -1.87. The first-order chi connectivity index (χ1) is 8.64. The Bertz CT molecular complexity index is 284. The standard InChI is InChI=1S/C9H18O10/c10-1-2(11)3(12)4(13)5(14)6(15)7(16)8(17)9(18)19/h2-8,10-17H,1H2,(H,18,19)/t2-,3-,4-,5-,6-,7-,8-/m0/s1. The number of carboxylic acid groups (broad SMARTS) is 1. The molecule has 0 spiro atoms. The summed E-state index contributed by atoms with van der Waals surface area (Å²) in [5.41, 5.74) is 0. The molecule has 0 saturated heterocycles. The monoisotopic (exact) mass is 286 g/mol. The van der Waals surface area contributed by atoms with Crippen molar-refractivity contribution in [2.75, 3.05) is 6.61 Å². The lowest BCUT2D eigenvalue weighted by Crippen LogP contribution is -2.55. The van der Waals surface area contributed by atoms with E-state index in [9.17, 15) is 30.3 Å². The highest BCUT2D eigenvalue weighted by Crippen LogP contribution is 2.13. The van der Waals surface area contributed by atoms with Gasteiger partial charge in [0.15, 0.2) is 6.10 Å². The Kier molecular flexibility index (Phi) is 7.33. The molecule has 0 saturated carbocycles. The van der Waals surface area contributed by atoms with E-state index < -0.39 is 55.3 Å². The Morgan fingerprint density at radius 2 is 1.11 bits per heavy atom. The van der Waals surface area contributed by atoms with Crippen LogP contribution >= 0.6 is 0 Å². The van der Waals surface area contributed by atoms with Gasteiger partial charge in [0, 0.05) is 0 Å². The molecule has 0 aromatic rings. The lowest BCUT2D eigenvalue weighted by atomic mass is 9.94. The van der Waals surface area contributed by atoms with Crippen molar-refractivity contribution in [3.63, 3.8) is 0 Å². The van der Waals surface area contributed by atoms with Crippen molar-refractivity contribution in [3.05, 3.63) is 0 Å². The van der Waals surface area contributed by atoms with Crippen LogP contribution in [0.2, 0.25) is 0 Å². The summed E-state index contributed by atoms with van der Waals surface area (Å²) >= 11 is 0. The summed E-state index contributed by atoms with van der Waals surface area (Å²) in [4.78, 5) is 10.3. The molecule has 0 aromatic carbocycles. The largest absolute Gasteiger partial charge is 0.479 e. The zero-order valence-electron chi connectivity index (χ0n) is 9.68. The molecule has 0 unspecified atom stereocenters. The molecule has 114 valence electrons. The molecule has 19 heavy (non-hydrogen) atoms. The van der Waals surface area contributed by atoms with E-state index in [2.05, 4.69) is 0 Å². The van der Waals surface area contributed by atoms with Crippen LogP contribution in [-0.2, 0) is 4.79 Å². The number of hydrogen-bond acceptors (Lipinski definition) is 9. The van der Waals surface area contributed by atoms with Crippen molar-refractivity contribution >= 4 is 5.97 Å². The summed E-state index contributed by atoms with van der Waals surface area (Å²) < 4.78 is 0. The Morgan fingerprint density at radius 1 is 0.737 bits per heavy atom. The highest BCUT2D eigenvalue weighted by molar-refractivity contribution is 5.72. The fourth-order valence-corrected chi connectivity index (χ4v) is 1.27. The lowest BCUT2D eigenvalue weighted by Gasteiger charge is -2.31. The summed E-state index contributed by atoms with van der Waals surface area (Å²) in [6.45, 7) is -0.943. The molecule has 0 aliphatic carbocycles. The quantitative estimate of drug-likeness (QED) is 0.207. The minimum atomic E-state index is -2.42. The van der Waals surface area contributed by atoms with Crippen molar-refractivity contribution < 1.29 is 50.8 Å². The number of rotatable bonds is 8. The van der Waals surface area contributed by atoms with Crippen LogP contribution < -0.4 is 0 Å². The van der Waals surface area contributed by atoms with Gasteiger partial charge in [0.1, 0.15) is 36.6 Å². The van der Waals surface area contributed by atoms with E-state index in [0.717, 1.165) is 0 Å². The SMILES string of the molecule is O=C(O)[C@@H](O)[C@@H](O)[C@@H](O)[C@@H](O)[C@@H](O)[C@@H](O)[C@@H](O)CO. The van der Waals surface area contributed by atoms with E-state index in [1.165, 1.54) is 0 Å². The third-order valence-electron chi connectivity index (χ3n) is 2.56. The minimum Gasteiger partial charge on any atom is -0.479 e. The van der Waals surface area contributed by atoms with Crippen molar-refractivity contribution in [2.24, 2.45) is 0 Å². The van der Waals surface area contributed by atoms with Crippen LogP contribution in [0.15, 0.2) is 0 Å². The van der Waals surface area contributed by atoms with Gasteiger partial charge in [-0.25, -0.2) is 4.79 Å². The second kappa shape index (κ2) is 7.67. The van der Waals surface area contributed by atoms with Crippen LogP contribution in [0.25, 0.3) is 0 Å². The predicted octanol–water partition coefficient (Wildman–Crippen LogP) is -5.41. The fourth-order valence-electron chi connectivity index (χ4n) is 1.27. The third kappa shape index (κ3) is 4.63. The van der Waals surface area contributed by atoms with Crippen LogP contribution in [0.3, 0.4) is 0 Å². The second-order valence-corrected chi connectivity index (χ2v) is 3.99. The molecule has 10 heteroatoms. The summed E-state index contributed by atoms with van der Waals surface area (Å²) in [6.07, 6.45) is -15.4. The van der Waals surface area contributed by atoms with Crippen LogP contribution in [0.4, 0.5) is 0 Å². The van der Waals surface area contributed by atoms with Crippen molar-refractivity contribution in [1.29, 1.82) is 0 Å². The van der Waals surface area contributed by atoms with E-state index in [0.29, 0.717) is 0 Å². The maximum Gasteiger partial charge on any atom is 0.335 e. The van der Waals surface area contributed by atoms with Gasteiger partial charge in [-0.2, -0.15) is 0 Å². The van der Waals surface area contributed by atoms with Crippen molar-refractivity contribution in [1.82, 2.24) is 0 Å². The van der Waals surface area contributed by atoms with Gasteiger partial charge in [0.2, 0.25) is 0 Å². The molecule has 0 aliphatic heterocycles. The number of carbonyl (C=O) groups is 1. The van der Waals surface area contributed by atoms with Crippen LogP contribution in [0.5, 0.6) is 0 Å². The van der Waals surface area contributed by atoms with E-state index >= 15 is 0 Å². The molecule has 9 N–H and O–H groups in total. The zero-order valence-corrected chi connectivity index (χ0v) is 9.68. The number of hydrogen-bond donors (Lipinski definition) is 9. The highest BCUT2D eigenvalue weighted by atomic mass is 16.4. The molecule has 0 aromatic heterocycles. The first kappa shape index (κ1) is 18.1. The van der Waals surface area contributed by atoms with Crippen molar-refractivity contribution in [3.8, 4) is 0 Å². The molecule has 0 rings (SSSR count). The van der Waals surface area contributed by atoms with Gasteiger partial charge in [-0.15, -0.1) is 0 Å². The first-order valence-corrected chi connectivity index (χ1v) is 5.25. The molecule has 7 atom stereocenters. The molecule has 0 aliphatic rings. The van der Waals surface area contributed by atoms with Gasteiger partial charge in [-0.3, -0.25) is 0 Å². The van der Waals surface area contributed by atoms with Gasteiger partial charge in [0.05, 0.1) is 6.61 Å². The Balaban J connectivity index is 4.71. The molecule has 0 bridgehead atoms. The Hall–Kier alpha value is -0.850. The van der Waals surface area contributed by atoms with Crippen LogP contribution in [0, 0.1) is 0 Å². The van der Waals surface area contributed by atoms with Gasteiger partial charge in [-0.1, -0.05) is 0 Å². The average molecular weight is 286 g/mol.